The van der Waals surface area contributed by atoms with Crippen LogP contribution in [0.5, 0.6) is 23.0 Å². The predicted octanol–water partition coefficient (Wildman–Crippen LogP) is 3.78. The molecule has 0 aromatic heterocycles. The molecule has 2 aromatic rings. The summed E-state index contributed by atoms with van der Waals surface area (Å²) in [5.74, 6) is 1.53. The van der Waals surface area contributed by atoms with Gasteiger partial charge in [0.1, 0.15) is 29.1 Å². The van der Waals surface area contributed by atoms with Gasteiger partial charge in [0, 0.05) is 24.6 Å². The van der Waals surface area contributed by atoms with Gasteiger partial charge in [0.15, 0.2) is 0 Å². The van der Waals surface area contributed by atoms with Gasteiger partial charge < -0.3 is 19.3 Å². The second-order valence-corrected chi connectivity index (χ2v) is 5.66. The van der Waals surface area contributed by atoms with Gasteiger partial charge in [-0.25, -0.2) is 0 Å². The van der Waals surface area contributed by atoms with Crippen molar-refractivity contribution in [3.8, 4) is 23.0 Å². The Balaban J connectivity index is 1.92. The molecule has 0 amide bonds. The molecule has 0 saturated heterocycles. The molecule has 5 nitrogen and oxygen atoms in total. The number of rotatable bonds is 4. The summed E-state index contributed by atoms with van der Waals surface area (Å²) < 4.78 is 16.9. The monoisotopic (exact) mass is 328 g/mol. The fourth-order valence-corrected chi connectivity index (χ4v) is 2.86. The number of hydrogen-bond donors (Lipinski definition) is 1. The van der Waals surface area contributed by atoms with Crippen LogP contribution < -0.4 is 14.2 Å². The molecule has 2 aromatic carbocycles. The van der Waals surface area contributed by atoms with Gasteiger partial charge in [-0.1, -0.05) is 6.07 Å². The number of fused-ring (bicyclic) bond motifs is 1. The zero-order valence-electron chi connectivity index (χ0n) is 13.7. The number of benzene rings is 2. The quantitative estimate of drug-likeness (QED) is 0.683. The van der Waals surface area contributed by atoms with Gasteiger partial charge in [-0.15, -0.1) is 0 Å². The van der Waals surface area contributed by atoms with E-state index >= 15 is 0 Å². The molecule has 126 valence electrons. The Morgan fingerprint density at radius 1 is 1.29 bits per heavy atom. The van der Waals surface area contributed by atoms with Gasteiger partial charge in [-0.3, -0.25) is 4.79 Å². The minimum atomic E-state index is -0.390. The Morgan fingerprint density at radius 2 is 2.12 bits per heavy atom. The molecule has 1 atom stereocenters. The number of phenolic OH excluding ortho intramolecular Hbond substituents is 1. The van der Waals surface area contributed by atoms with Crippen molar-refractivity contribution in [3.63, 3.8) is 0 Å². The van der Waals surface area contributed by atoms with E-state index in [1.165, 1.54) is 6.92 Å². The molecule has 1 unspecified atom stereocenters. The van der Waals surface area contributed by atoms with Crippen LogP contribution in [0.2, 0.25) is 0 Å². The summed E-state index contributed by atoms with van der Waals surface area (Å²) in [5.41, 5.74) is 1.85. The summed E-state index contributed by atoms with van der Waals surface area (Å²) in [6, 6.07) is 10.5. The maximum Gasteiger partial charge on any atom is 0.308 e. The molecule has 1 aliphatic rings. The van der Waals surface area contributed by atoms with Crippen molar-refractivity contribution >= 4 is 5.97 Å². The largest absolute Gasteiger partial charge is 0.508 e. The second kappa shape index (κ2) is 6.83. The van der Waals surface area contributed by atoms with Crippen molar-refractivity contribution in [1.82, 2.24) is 0 Å². The van der Waals surface area contributed by atoms with Crippen molar-refractivity contribution in [2.75, 3.05) is 6.61 Å². The van der Waals surface area contributed by atoms with Crippen LogP contribution in [0.3, 0.4) is 0 Å². The average Bonchev–Trinajstić information content (AvgIpc) is 2.54. The van der Waals surface area contributed by atoms with Crippen molar-refractivity contribution < 1.29 is 24.1 Å². The van der Waals surface area contributed by atoms with E-state index in [0.717, 1.165) is 24.0 Å². The highest BCUT2D eigenvalue weighted by atomic mass is 16.5. The third-order valence-electron chi connectivity index (χ3n) is 3.89. The van der Waals surface area contributed by atoms with Crippen LogP contribution >= 0.6 is 0 Å². The highest BCUT2D eigenvalue weighted by Crippen LogP contribution is 2.40. The van der Waals surface area contributed by atoms with E-state index in [1.54, 1.807) is 18.2 Å². The van der Waals surface area contributed by atoms with E-state index in [0.29, 0.717) is 23.9 Å². The molecule has 0 aliphatic carbocycles. The van der Waals surface area contributed by atoms with Gasteiger partial charge in [0.05, 0.1) is 6.61 Å². The first kappa shape index (κ1) is 16.2. The number of carbonyl (C=O) groups excluding carboxylic acids is 1. The number of aromatic hydroxyl groups is 1. The number of aryl methyl sites for hydroxylation is 1. The molecular formula is C19H20O5. The van der Waals surface area contributed by atoms with E-state index in [4.69, 9.17) is 14.2 Å². The van der Waals surface area contributed by atoms with Crippen molar-refractivity contribution in [2.24, 2.45) is 0 Å². The Morgan fingerprint density at radius 3 is 2.88 bits per heavy atom. The zero-order chi connectivity index (χ0) is 17.1. The fraction of sp³-hybridized carbons (Fsp3) is 0.316. The number of esters is 1. The lowest BCUT2D eigenvalue weighted by molar-refractivity contribution is -0.132. The summed E-state index contributed by atoms with van der Waals surface area (Å²) >= 11 is 0. The number of hydrogen-bond acceptors (Lipinski definition) is 5. The predicted molar refractivity (Wildman–Crippen MR) is 88.7 cm³/mol. The lowest BCUT2D eigenvalue weighted by Crippen LogP contribution is -2.17. The molecular weight excluding hydrogens is 308 g/mol. The molecule has 0 radical (unpaired) electrons. The summed E-state index contributed by atoms with van der Waals surface area (Å²) in [7, 11) is 0. The summed E-state index contributed by atoms with van der Waals surface area (Å²) in [6.45, 7) is 3.80. The van der Waals surface area contributed by atoms with Crippen LogP contribution in [0.1, 0.15) is 37.5 Å². The lowest BCUT2D eigenvalue weighted by Gasteiger charge is -2.27. The van der Waals surface area contributed by atoms with E-state index in [2.05, 4.69) is 0 Å². The SMILES string of the molecule is CCOc1ccc(C2CCc3ccc(O)cc3O2)c(OC(C)=O)c1. The second-order valence-electron chi connectivity index (χ2n) is 5.66. The highest BCUT2D eigenvalue weighted by molar-refractivity contribution is 5.70. The standard InChI is InChI=1S/C19H20O5/c1-3-22-15-7-8-16(19(11-15)23-12(2)20)17-9-5-13-4-6-14(21)10-18(13)24-17/h4,6-8,10-11,17,21H,3,5,9H2,1-2H3. The summed E-state index contributed by atoms with van der Waals surface area (Å²) in [4.78, 5) is 11.4. The van der Waals surface area contributed by atoms with Crippen LogP contribution in [0.25, 0.3) is 0 Å². The summed E-state index contributed by atoms with van der Waals surface area (Å²) in [5, 5.41) is 9.65. The van der Waals surface area contributed by atoms with Gasteiger partial charge >= 0.3 is 5.97 Å². The number of phenols is 1. The van der Waals surface area contributed by atoms with Crippen LogP contribution in [0, 0.1) is 0 Å². The van der Waals surface area contributed by atoms with Crippen molar-refractivity contribution in [1.29, 1.82) is 0 Å². The van der Waals surface area contributed by atoms with Crippen molar-refractivity contribution in [3.05, 3.63) is 47.5 Å². The smallest absolute Gasteiger partial charge is 0.308 e. The van der Waals surface area contributed by atoms with Gasteiger partial charge in [0.25, 0.3) is 0 Å². The number of ether oxygens (including phenoxy) is 3. The first-order chi connectivity index (χ1) is 11.6. The molecule has 1 aliphatic heterocycles. The van der Waals surface area contributed by atoms with Crippen LogP contribution in [0.4, 0.5) is 0 Å². The van der Waals surface area contributed by atoms with Gasteiger partial charge in [0.2, 0.25) is 0 Å². The first-order valence-corrected chi connectivity index (χ1v) is 8.00. The third-order valence-corrected chi connectivity index (χ3v) is 3.89. The Hall–Kier alpha value is -2.69. The maximum absolute atomic E-state index is 11.4. The molecule has 24 heavy (non-hydrogen) atoms. The lowest BCUT2D eigenvalue weighted by atomic mass is 9.96. The van der Waals surface area contributed by atoms with Crippen LogP contribution in [-0.2, 0) is 11.2 Å². The van der Waals surface area contributed by atoms with Crippen molar-refractivity contribution in [2.45, 2.75) is 32.8 Å². The van der Waals surface area contributed by atoms with E-state index in [9.17, 15) is 9.90 Å². The molecule has 0 fully saturated rings. The minimum absolute atomic E-state index is 0.168. The van der Waals surface area contributed by atoms with Gasteiger partial charge in [-0.05, 0) is 43.5 Å². The van der Waals surface area contributed by atoms with Gasteiger partial charge in [-0.2, -0.15) is 0 Å². The molecule has 0 bridgehead atoms. The normalized spacial score (nSPS) is 16.0. The van der Waals surface area contributed by atoms with E-state index in [1.807, 2.05) is 25.1 Å². The fourth-order valence-electron chi connectivity index (χ4n) is 2.86. The molecule has 0 spiro atoms. The van der Waals surface area contributed by atoms with Crippen LogP contribution in [-0.4, -0.2) is 17.7 Å². The third kappa shape index (κ3) is 3.45. The minimum Gasteiger partial charge on any atom is -0.508 e. The maximum atomic E-state index is 11.4. The Labute approximate surface area is 140 Å². The Kier molecular flexibility index (Phi) is 4.60. The molecule has 5 heteroatoms. The van der Waals surface area contributed by atoms with E-state index in [-0.39, 0.29) is 11.9 Å². The molecule has 3 rings (SSSR count). The zero-order valence-corrected chi connectivity index (χ0v) is 13.7. The average molecular weight is 328 g/mol. The molecule has 1 N–H and O–H groups in total. The first-order valence-electron chi connectivity index (χ1n) is 8.00. The number of carbonyl (C=O) groups is 1. The highest BCUT2D eigenvalue weighted by Gasteiger charge is 2.25. The summed E-state index contributed by atoms with van der Waals surface area (Å²) in [6.07, 6.45) is 1.34. The van der Waals surface area contributed by atoms with E-state index < -0.39 is 5.97 Å². The molecule has 0 saturated carbocycles. The molecule has 1 heterocycles. The Bertz CT molecular complexity index is 753. The topological polar surface area (TPSA) is 65.0 Å². The van der Waals surface area contributed by atoms with Crippen LogP contribution in [0.15, 0.2) is 36.4 Å².